The molecule has 3 rings (SSSR count). The normalized spacial score (nSPS) is 11.2. The highest BCUT2D eigenvalue weighted by atomic mass is 32.2. The Kier molecular flexibility index (Phi) is 8.47. The van der Waals surface area contributed by atoms with Crippen LogP contribution in [0.15, 0.2) is 59.9 Å². The highest BCUT2D eigenvalue weighted by molar-refractivity contribution is 7.98. The number of benzene rings is 1. The molecule has 0 bridgehead atoms. The van der Waals surface area contributed by atoms with Crippen LogP contribution in [0, 0.1) is 0 Å². The molecule has 0 unspecified atom stereocenters. The van der Waals surface area contributed by atoms with E-state index in [0.717, 1.165) is 37.2 Å². The second-order valence-electron chi connectivity index (χ2n) is 6.82. The fourth-order valence-electron chi connectivity index (χ4n) is 2.70. The summed E-state index contributed by atoms with van der Waals surface area (Å²) in [6, 6.07) is 9.98. The van der Waals surface area contributed by atoms with Crippen molar-refractivity contribution in [3.8, 4) is 5.75 Å². The van der Waals surface area contributed by atoms with E-state index in [9.17, 15) is 18.0 Å². The van der Waals surface area contributed by atoms with Crippen molar-refractivity contribution in [2.75, 3.05) is 17.2 Å². The van der Waals surface area contributed by atoms with Gasteiger partial charge in [-0.2, -0.15) is 0 Å². The lowest BCUT2D eigenvalue weighted by molar-refractivity contribution is -0.274. The smallest absolute Gasteiger partial charge is 0.406 e. The van der Waals surface area contributed by atoms with Crippen LogP contribution in [0.5, 0.6) is 5.75 Å². The summed E-state index contributed by atoms with van der Waals surface area (Å²) in [6.07, 6.45) is 0.573. The van der Waals surface area contributed by atoms with Gasteiger partial charge in [0, 0.05) is 30.4 Å². The predicted octanol–water partition coefficient (Wildman–Crippen LogP) is 5.53. The Balaban J connectivity index is 1.63. The van der Waals surface area contributed by atoms with Crippen molar-refractivity contribution in [2.45, 2.75) is 36.9 Å². The molecule has 1 aromatic carbocycles. The van der Waals surface area contributed by atoms with Gasteiger partial charge < -0.3 is 15.4 Å². The lowest BCUT2D eigenvalue weighted by atomic mass is 10.2. The number of rotatable bonds is 10. The number of nitrogens with zero attached hydrogens (tertiary/aromatic N) is 3. The highest BCUT2D eigenvalue weighted by Crippen LogP contribution is 2.26. The van der Waals surface area contributed by atoms with Gasteiger partial charge in [0.1, 0.15) is 10.8 Å². The van der Waals surface area contributed by atoms with E-state index in [1.54, 1.807) is 30.6 Å². The van der Waals surface area contributed by atoms with Crippen LogP contribution in [0.3, 0.4) is 0 Å². The number of unbranched alkanes of at least 4 members (excludes halogenated alkanes) is 1. The number of aromatic nitrogens is 3. The molecule has 33 heavy (non-hydrogen) atoms. The molecule has 3 aromatic rings. The number of pyridine rings is 1. The van der Waals surface area contributed by atoms with Gasteiger partial charge in [0.05, 0.1) is 11.3 Å². The highest BCUT2D eigenvalue weighted by Gasteiger charge is 2.31. The molecule has 0 aliphatic heterocycles. The van der Waals surface area contributed by atoms with Crippen LogP contribution in [0.2, 0.25) is 0 Å². The van der Waals surface area contributed by atoms with Crippen molar-refractivity contribution in [3.63, 3.8) is 0 Å². The third-order valence-electron chi connectivity index (χ3n) is 4.25. The molecule has 0 fully saturated rings. The average Bonchev–Trinajstić information content (AvgIpc) is 2.79. The van der Waals surface area contributed by atoms with Gasteiger partial charge in [-0.05, 0) is 48.9 Å². The number of hydrogen-bond acceptors (Lipinski definition) is 7. The maximum Gasteiger partial charge on any atom is 0.573 e. The van der Waals surface area contributed by atoms with Crippen LogP contribution in [-0.2, 0) is 5.75 Å². The second kappa shape index (κ2) is 11.5. The first kappa shape index (κ1) is 24.3. The van der Waals surface area contributed by atoms with Gasteiger partial charge in [0.2, 0.25) is 5.95 Å². The molecular weight excluding hydrogens is 455 g/mol. The molecule has 11 heteroatoms. The topological polar surface area (TPSA) is 89.0 Å². The first-order valence-corrected chi connectivity index (χ1v) is 11.1. The Bertz CT molecular complexity index is 1060. The largest absolute Gasteiger partial charge is 0.573 e. The number of nitrogens with one attached hydrogen (secondary N) is 2. The fourth-order valence-corrected chi connectivity index (χ4v) is 3.59. The third kappa shape index (κ3) is 7.94. The Labute approximate surface area is 193 Å². The van der Waals surface area contributed by atoms with Crippen LogP contribution in [-0.4, -0.2) is 33.8 Å². The van der Waals surface area contributed by atoms with Gasteiger partial charge in [-0.3, -0.25) is 4.79 Å². The lowest BCUT2D eigenvalue weighted by Gasteiger charge is -2.11. The minimum atomic E-state index is -4.78. The number of hydrogen-bond donors (Lipinski definition) is 2. The van der Waals surface area contributed by atoms with Crippen molar-refractivity contribution >= 4 is 29.3 Å². The SMILES string of the molecule is CCCCNc1nccc(CSc2ncccc2C(=O)Nc2ccc(OC(F)(F)F)cc2)n1. The number of halogens is 3. The van der Waals surface area contributed by atoms with E-state index < -0.39 is 12.3 Å². The zero-order valence-corrected chi connectivity index (χ0v) is 18.5. The number of thioether (sulfide) groups is 1. The Morgan fingerprint density at radius 3 is 2.61 bits per heavy atom. The molecule has 1 amide bonds. The Morgan fingerprint density at radius 2 is 1.88 bits per heavy atom. The monoisotopic (exact) mass is 477 g/mol. The molecule has 174 valence electrons. The van der Waals surface area contributed by atoms with Crippen molar-refractivity contribution in [3.05, 3.63) is 66.1 Å². The van der Waals surface area contributed by atoms with Gasteiger partial charge in [-0.1, -0.05) is 25.1 Å². The van der Waals surface area contributed by atoms with Crippen LogP contribution < -0.4 is 15.4 Å². The Morgan fingerprint density at radius 1 is 1.09 bits per heavy atom. The van der Waals surface area contributed by atoms with Gasteiger partial charge in [-0.15, -0.1) is 13.2 Å². The molecule has 0 saturated carbocycles. The first-order chi connectivity index (χ1) is 15.8. The number of ether oxygens (including phenoxy) is 1. The van der Waals surface area contributed by atoms with E-state index in [1.807, 2.05) is 0 Å². The Hall–Kier alpha value is -3.34. The molecule has 0 radical (unpaired) electrons. The number of carbonyl (C=O) groups is 1. The summed E-state index contributed by atoms with van der Waals surface area (Å²) in [5.74, 6) is 0.232. The van der Waals surface area contributed by atoms with E-state index in [1.165, 1.54) is 23.9 Å². The molecule has 2 heterocycles. The molecule has 0 atom stereocenters. The number of alkyl halides is 3. The van der Waals surface area contributed by atoms with E-state index in [0.29, 0.717) is 28.0 Å². The van der Waals surface area contributed by atoms with Crippen molar-refractivity contribution in [2.24, 2.45) is 0 Å². The van der Waals surface area contributed by atoms with Crippen molar-refractivity contribution in [1.29, 1.82) is 0 Å². The molecule has 7 nitrogen and oxygen atoms in total. The van der Waals surface area contributed by atoms with Crippen LogP contribution in [0.1, 0.15) is 35.8 Å². The van der Waals surface area contributed by atoms with Crippen LogP contribution in [0.25, 0.3) is 0 Å². The minimum Gasteiger partial charge on any atom is -0.406 e. The summed E-state index contributed by atoms with van der Waals surface area (Å²) >= 11 is 1.35. The summed E-state index contributed by atoms with van der Waals surface area (Å²) in [6.45, 7) is 2.90. The zero-order valence-electron chi connectivity index (χ0n) is 17.7. The van der Waals surface area contributed by atoms with Crippen molar-refractivity contribution in [1.82, 2.24) is 15.0 Å². The molecule has 0 saturated heterocycles. The summed E-state index contributed by atoms with van der Waals surface area (Å²) in [5.41, 5.74) is 1.45. The van der Waals surface area contributed by atoms with E-state index in [2.05, 4.69) is 37.2 Å². The lowest BCUT2D eigenvalue weighted by Crippen LogP contribution is -2.17. The molecule has 2 N–H and O–H groups in total. The zero-order chi connectivity index (χ0) is 23.7. The summed E-state index contributed by atoms with van der Waals surface area (Å²) < 4.78 is 40.7. The second-order valence-corrected chi connectivity index (χ2v) is 7.79. The van der Waals surface area contributed by atoms with Gasteiger partial charge >= 0.3 is 6.36 Å². The third-order valence-corrected chi connectivity index (χ3v) is 5.28. The van der Waals surface area contributed by atoms with E-state index in [4.69, 9.17) is 0 Å². The minimum absolute atomic E-state index is 0.327. The van der Waals surface area contributed by atoms with E-state index in [-0.39, 0.29) is 5.75 Å². The molecule has 0 spiro atoms. The van der Waals surface area contributed by atoms with E-state index >= 15 is 0 Å². The molecule has 0 aliphatic carbocycles. The summed E-state index contributed by atoms with van der Waals surface area (Å²) in [7, 11) is 0. The number of anilines is 2. The predicted molar refractivity (Wildman–Crippen MR) is 120 cm³/mol. The summed E-state index contributed by atoms with van der Waals surface area (Å²) in [5, 5.41) is 6.34. The maximum absolute atomic E-state index is 12.7. The van der Waals surface area contributed by atoms with Gasteiger partial charge in [-0.25, -0.2) is 15.0 Å². The summed E-state index contributed by atoms with van der Waals surface area (Å²) in [4.78, 5) is 25.7. The average molecular weight is 478 g/mol. The molecule has 2 aromatic heterocycles. The number of amides is 1. The first-order valence-electron chi connectivity index (χ1n) is 10.1. The van der Waals surface area contributed by atoms with Crippen molar-refractivity contribution < 1.29 is 22.7 Å². The molecule has 0 aliphatic rings. The fraction of sp³-hybridized carbons (Fsp3) is 0.273. The molecular formula is C22H22F3N5O2S. The van der Waals surface area contributed by atoms with Crippen LogP contribution >= 0.6 is 11.8 Å². The van der Waals surface area contributed by atoms with Gasteiger partial charge in [0.25, 0.3) is 5.91 Å². The standard InChI is InChI=1S/C22H22F3N5O2S/c1-2-3-11-27-21-28-13-10-16(30-21)14-33-20-18(5-4-12-26-20)19(31)29-15-6-8-17(9-7-15)32-22(23,24)25/h4-10,12-13H,2-3,11,14H2,1H3,(H,29,31)(H,27,28,30). The maximum atomic E-state index is 12.7. The van der Waals surface area contributed by atoms with Gasteiger partial charge in [0.15, 0.2) is 0 Å². The van der Waals surface area contributed by atoms with Crippen LogP contribution in [0.4, 0.5) is 24.8 Å². The number of carbonyl (C=O) groups excluding carboxylic acids is 1. The quantitative estimate of drug-likeness (QED) is 0.293.